The zero-order valence-corrected chi connectivity index (χ0v) is 16.7. The zero-order valence-electron chi connectivity index (χ0n) is 14.3. The summed E-state index contributed by atoms with van der Waals surface area (Å²) in [5.74, 6) is 0.589. The van der Waals surface area contributed by atoms with Gasteiger partial charge in [-0.1, -0.05) is 18.2 Å². The van der Waals surface area contributed by atoms with Crippen LogP contribution in [0.5, 0.6) is 5.75 Å². The normalized spacial score (nSPS) is 12.2. The molecule has 0 fully saturated rings. The Morgan fingerprint density at radius 3 is 2.80 bits per heavy atom. The molecule has 0 saturated heterocycles. The van der Waals surface area contributed by atoms with Gasteiger partial charge >= 0.3 is 0 Å². The highest BCUT2D eigenvalue weighted by Gasteiger charge is 2.21. The van der Waals surface area contributed by atoms with E-state index in [9.17, 15) is 4.79 Å². The molecule has 1 heterocycles. The van der Waals surface area contributed by atoms with Crippen LogP contribution in [0.3, 0.4) is 0 Å². The maximum absolute atomic E-state index is 12.6. The molecule has 0 aliphatic heterocycles. The maximum Gasteiger partial charge on any atom is 0.263 e. The van der Waals surface area contributed by atoms with Crippen molar-refractivity contribution in [2.24, 2.45) is 0 Å². The molecular weight excluding hydrogens is 400 g/mol. The van der Waals surface area contributed by atoms with Crippen molar-refractivity contribution in [1.29, 1.82) is 0 Å². The Kier molecular flexibility index (Phi) is 5.39. The first-order chi connectivity index (χ1) is 11.9. The number of aromatic nitrogens is 1. The molecule has 1 amide bonds. The Labute approximate surface area is 159 Å². The lowest BCUT2D eigenvalue weighted by Crippen LogP contribution is -2.37. The summed E-state index contributed by atoms with van der Waals surface area (Å²) in [5.41, 5.74) is 2.10. The molecule has 0 aliphatic rings. The first-order valence-corrected chi connectivity index (χ1v) is 9.57. The van der Waals surface area contributed by atoms with Crippen molar-refractivity contribution in [3.63, 3.8) is 0 Å². The molecule has 2 aromatic carbocycles. The zero-order chi connectivity index (χ0) is 18.0. The van der Waals surface area contributed by atoms with Crippen molar-refractivity contribution >= 4 is 43.4 Å². The number of ether oxygens (including phenoxy) is 1. The molecule has 0 bridgehead atoms. The van der Waals surface area contributed by atoms with E-state index in [1.807, 2.05) is 49.4 Å². The fourth-order valence-corrected chi connectivity index (χ4v) is 4.13. The number of hydrogen-bond donors (Lipinski definition) is 0. The summed E-state index contributed by atoms with van der Waals surface area (Å²) in [4.78, 5) is 18.8. The van der Waals surface area contributed by atoms with Crippen molar-refractivity contribution in [3.8, 4) is 5.75 Å². The van der Waals surface area contributed by atoms with E-state index in [2.05, 4.69) is 20.9 Å². The lowest BCUT2D eigenvalue weighted by Gasteiger charge is -2.21. The highest BCUT2D eigenvalue weighted by atomic mass is 79.9. The molecule has 3 aromatic rings. The minimum absolute atomic E-state index is 0.0771. The van der Waals surface area contributed by atoms with E-state index in [-0.39, 0.29) is 5.91 Å². The van der Waals surface area contributed by atoms with E-state index in [0.29, 0.717) is 12.3 Å². The summed E-state index contributed by atoms with van der Waals surface area (Å²) in [6.45, 7) is 4.25. The van der Waals surface area contributed by atoms with Crippen molar-refractivity contribution in [2.45, 2.75) is 26.5 Å². The highest BCUT2D eigenvalue weighted by molar-refractivity contribution is 9.10. The average Bonchev–Trinajstić information content (AvgIpc) is 2.98. The number of amides is 1. The number of halogens is 1. The molecule has 0 N–H and O–H groups in total. The number of carbonyl (C=O) groups is 1. The van der Waals surface area contributed by atoms with Gasteiger partial charge in [-0.25, -0.2) is 4.98 Å². The Balaban J connectivity index is 1.66. The topological polar surface area (TPSA) is 42.4 Å². The fourth-order valence-electron chi connectivity index (χ4n) is 2.52. The van der Waals surface area contributed by atoms with E-state index in [4.69, 9.17) is 4.74 Å². The number of aryl methyl sites for hydroxylation is 1. The smallest absolute Gasteiger partial charge is 0.263 e. The minimum atomic E-state index is -0.571. The molecule has 4 nitrogen and oxygen atoms in total. The van der Waals surface area contributed by atoms with Crippen molar-refractivity contribution in [3.05, 3.63) is 57.5 Å². The van der Waals surface area contributed by atoms with Gasteiger partial charge in [-0.15, -0.1) is 11.3 Å². The molecule has 0 saturated carbocycles. The lowest BCUT2D eigenvalue weighted by atomic mass is 10.2. The summed E-state index contributed by atoms with van der Waals surface area (Å²) >= 11 is 5.09. The highest BCUT2D eigenvalue weighted by Crippen LogP contribution is 2.27. The predicted molar refractivity (Wildman–Crippen MR) is 105 cm³/mol. The van der Waals surface area contributed by atoms with Crippen molar-refractivity contribution in [1.82, 2.24) is 9.88 Å². The predicted octanol–water partition coefficient (Wildman–Crippen LogP) is 4.79. The van der Waals surface area contributed by atoms with Gasteiger partial charge in [0.1, 0.15) is 10.8 Å². The summed E-state index contributed by atoms with van der Waals surface area (Å²) in [6.07, 6.45) is -0.571. The SMILES string of the molecule is Cc1ccc(OC(C)C(=O)N(C)Cc2nc3ccccc3s2)c(Br)c1. The average molecular weight is 419 g/mol. The molecule has 0 spiro atoms. The second-order valence-electron chi connectivity index (χ2n) is 5.96. The third kappa shape index (κ3) is 4.19. The maximum atomic E-state index is 12.6. The van der Waals surface area contributed by atoms with Gasteiger partial charge in [0, 0.05) is 7.05 Å². The van der Waals surface area contributed by atoms with E-state index in [1.165, 1.54) is 0 Å². The van der Waals surface area contributed by atoms with Crippen LogP contribution in [0.1, 0.15) is 17.5 Å². The summed E-state index contributed by atoms with van der Waals surface area (Å²) < 4.78 is 7.80. The number of thiazole rings is 1. The third-order valence-electron chi connectivity index (χ3n) is 3.83. The third-order valence-corrected chi connectivity index (χ3v) is 5.47. The largest absolute Gasteiger partial charge is 0.480 e. The van der Waals surface area contributed by atoms with Gasteiger partial charge in [0.15, 0.2) is 6.10 Å². The van der Waals surface area contributed by atoms with Crippen LogP contribution >= 0.6 is 27.3 Å². The number of benzene rings is 2. The van der Waals surface area contributed by atoms with Gasteiger partial charge in [0.25, 0.3) is 5.91 Å². The lowest BCUT2D eigenvalue weighted by molar-refractivity contribution is -0.137. The molecule has 25 heavy (non-hydrogen) atoms. The molecule has 1 aromatic heterocycles. The Morgan fingerprint density at radius 2 is 2.08 bits per heavy atom. The molecule has 1 unspecified atom stereocenters. The van der Waals surface area contributed by atoms with Crippen LogP contribution in [0.4, 0.5) is 0 Å². The van der Waals surface area contributed by atoms with Gasteiger partial charge < -0.3 is 9.64 Å². The standard InChI is InChI=1S/C19H19BrN2O2S/c1-12-8-9-16(14(20)10-12)24-13(2)19(23)22(3)11-18-21-15-6-4-5-7-17(15)25-18/h4-10,13H,11H2,1-3H3. The number of hydrogen-bond acceptors (Lipinski definition) is 4. The summed E-state index contributed by atoms with van der Waals surface area (Å²) in [5, 5.41) is 0.917. The van der Waals surface area contributed by atoms with Crippen LogP contribution in [-0.2, 0) is 11.3 Å². The number of fused-ring (bicyclic) bond motifs is 1. The number of carbonyl (C=O) groups excluding carboxylic acids is 1. The first kappa shape index (κ1) is 17.9. The van der Waals surface area contributed by atoms with Crippen molar-refractivity contribution < 1.29 is 9.53 Å². The van der Waals surface area contributed by atoms with Crippen LogP contribution in [0.25, 0.3) is 10.2 Å². The second-order valence-corrected chi connectivity index (χ2v) is 7.93. The number of para-hydroxylation sites is 1. The van der Waals surface area contributed by atoms with Crippen molar-refractivity contribution in [2.75, 3.05) is 7.05 Å². The quantitative estimate of drug-likeness (QED) is 0.597. The molecular formula is C19H19BrN2O2S. The van der Waals surface area contributed by atoms with E-state index < -0.39 is 6.10 Å². The van der Waals surface area contributed by atoms with Gasteiger partial charge in [-0.05, 0) is 59.6 Å². The molecule has 1 atom stereocenters. The van der Waals surface area contributed by atoms with Crippen LogP contribution in [0, 0.1) is 6.92 Å². The second kappa shape index (κ2) is 7.54. The molecule has 3 rings (SSSR count). The minimum Gasteiger partial charge on any atom is -0.480 e. The van der Waals surface area contributed by atoms with E-state index in [1.54, 1.807) is 30.2 Å². The Bertz CT molecular complexity index is 876. The molecule has 0 aliphatic carbocycles. The van der Waals surface area contributed by atoms with E-state index in [0.717, 1.165) is 25.3 Å². The first-order valence-electron chi connectivity index (χ1n) is 7.96. The van der Waals surface area contributed by atoms with Crippen LogP contribution in [-0.4, -0.2) is 28.9 Å². The molecule has 6 heteroatoms. The van der Waals surface area contributed by atoms with E-state index >= 15 is 0 Å². The van der Waals surface area contributed by atoms with Gasteiger partial charge in [-0.2, -0.15) is 0 Å². The fraction of sp³-hybridized carbons (Fsp3) is 0.263. The number of likely N-dealkylation sites (N-methyl/N-ethyl adjacent to an activating group) is 1. The monoisotopic (exact) mass is 418 g/mol. The summed E-state index contributed by atoms with van der Waals surface area (Å²) in [6, 6.07) is 13.8. The van der Waals surface area contributed by atoms with Gasteiger partial charge in [-0.3, -0.25) is 4.79 Å². The van der Waals surface area contributed by atoms with Crippen LogP contribution in [0.2, 0.25) is 0 Å². The number of nitrogens with zero attached hydrogens (tertiary/aromatic N) is 2. The molecule has 130 valence electrons. The van der Waals surface area contributed by atoms with Crippen LogP contribution in [0.15, 0.2) is 46.9 Å². The Hall–Kier alpha value is -1.92. The number of rotatable bonds is 5. The summed E-state index contributed by atoms with van der Waals surface area (Å²) in [7, 11) is 1.78. The van der Waals surface area contributed by atoms with Crippen LogP contribution < -0.4 is 4.74 Å². The van der Waals surface area contributed by atoms with Gasteiger partial charge in [0.2, 0.25) is 0 Å². The Morgan fingerprint density at radius 1 is 1.32 bits per heavy atom. The van der Waals surface area contributed by atoms with Gasteiger partial charge in [0.05, 0.1) is 21.2 Å². The molecule has 0 radical (unpaired) electrons.